The number of benzene rings is 2. The highest BCUT2D eigenvalue weighted by Gasteiger charge is 2.43. The van der Waals surface area contributed by atoms with Gasteiger partial charge >= 0.3 is 12.1 Å². The number of hydrogen-bond donors (Lipinski definition) is 0. The number of fused-ring (bicyclic) bond motifs is 3. The third-order valence-corrected chi connectivity index (χ3v) is 8.57. The Labute approximate surface area is 248 Å². The molecular formula is C28H26ClF3N4O5S. The van der Waals surface area contributed by atoms with E-state index in [2.05, 4.69) is 19.9 Å². The van der Waals surface area contributed by atoms with Crippen LogP contribution in [0, 0.1) is 0 Å². The number of hydrogen-bond acceptors (Lipinski definition) is 9. The van der Waals surface area contributed by atoms with Gasteiger partial charge in [-0.25, -0.2) is 4.98 Å². The summed E-state index contributed by atoms with van der Waals surface area (Å²) in [4.78, 5) is 15.8. The van der Waals surface area contributed by atoms with E-state index in [9.17, 15) is 18.0 Å². The first-order chi connectivity index (χ1) is 20.1. The Morgan fingerprint density at radius 1 is 1.10 bits per heavy atom. The molecule has 1 aliphatic rings. The fourth-order valence-corrected chi connectivity index (χ4v) is 6.59. The second-order valence-corrected chi connectivity index (χ2v) is 11.1. The van der Waals surface area contributed by atoms with Gasteiger partial charge in [0.05, 0.1) is 50.1 Å². The molecule has 2 atom stereocenters. The molecule has 0 bridgehead atoms. The van der Waals surface area contributed by atoms with Crippen molar-refractivity contribution in [2.24, 2.45) is 0 Å². The van der Waals surface area contributed by atoms with Crippen LogP contribution in [0.15, 0.2) is 47.0 Å². The first-order valence-corrected chi connectivity index (χ1v) is 14.2. The van der Waals surface area contributed by atoms with Crippen LogP contribution in [-0.4, -0.2) is 47.0 Å². The van der Waals surface area contributed by atoms with Gasteiger partial charge in [0.2, 0.25) is 5.82 Å². The number of carbonyl (C=O) groups is 1. The first-order valence-electron chi connectivity index (χ1n) is 12.8. The highest BCUT2D eigenvalue weighted by Crippen LogP contribution is 2.54. The lowest BCUT2D eigenvalue weighted by Crippen LogP contribution is -2.16. The predicted molar refractivity (Wildman–Crippen MR) is 148 cm³/mol. The molecule has 0 aliphatic carbocycles. The van der Waals surface area contributed by atoms with E-state index in [1.807, 2.05) is 6.07 Å². The number of esters is 1. The number of nitrogens with zero attached hydrogens (tertiary/aromatic N) is 4. The molecule has 14 heteroatoms. The van der Waals surface area contributed by atoms with Crippen LogP contribution in [0.3, 0.4) is 0 Å². The van der Waals surface area contributed by atoms with Crippen molar-refractivity contribution in [2.75, 3.05) is 21.3 Å². The van der Waals surface area contributed by atoms with Crippen molar-refractivity contribution in [2.45, 2.75) is 42.4 Å². The molecular weight excluding hydrogens is 597 g/mol. The lowest BCUT2D eigenvalue weighted by Gasteiger charge is -2.24. The molecule has 1 aliphatic heterocycles. The molecule has 5 rings (SSSR count). The Hall–Kier alpha value is -3.71. The van der Waals surface area contributed by atoms with Crippen LogP contribution in [-0.2, 0) is 28.5 Å². The number of halogens is 4. The number of oxazole rings is 1. The summed E-state index contributed by atoms with van der Waals surface area (Å²) in [5.41, 5.74) is 1.50. The molecule has 0 saturated heterocycles. The van der Waals surface area contributed by atoms with E-state index in [0.717, 1.165) is 4.57 Å². The minimum absolute atomic E-state index is 0.137. The number of carbonyl (C=O) groups excluding carboxylic acids is 1. The molecule has 42 heavy (non-hydrogen) atoms. The van der Waals surface area contributed by atoms with Gasteiger partial charge in [-0.2, -0.15) is 13.2 Å². The number of rotatable bonds is 9. The Bertz CT molecular complexity index is 1590. The smallest absolute Gasteiger partial charge is 0.452 e. The largest absolute Gasteiger partial charge is 0.493 e. The minimum Gasteiger partial charge on any atom is -0.493 e. The predicted octanol–water partition coefficient (Wildman–Crippen LogP) is 6.56. The molecule has 3 heterocycles. The molecule has 0 radical (unpaired) electrons. The van der Waals surface area contributed by atoms with Crippen LogP contribution < -0.4 is 9.47 Å². The summed E-state index contributed by atoms with van der Waals surface area (Å²) in [6, 6.07) is 10.1. The molecule has 222 valence electrons. The van der Waals surface area contributed by atoms with Crippen LogP contribution in [0.4, 0.5) is 13.2 Å². The number of thioether (sulfide) groups is 1. The lowest BCUT2D eigenvalue weighted by molar-refractivity contribution is -0.146. The Balaban J connectivity index is 1.58. The minimum atomic E-state index is -4.76. The van der Waals surface area contributed by atoms with Crippen LogP contribution >= 0.6 is 23.4 Å². The van der Waals surface area contributed by atoms with Gasteiger partial charge in [0.15, 0.2) is 23.2 Å². The van der Waals surface area contributed by atoms with Gasteiger partial charge < -0.3 is 18.6 Å². The summed E-state index contributed by atoms with van der Waals surface area (Å²) in [5, 5.41) is 6.88. The monoisotopic (exact) mass is 622 g/mol. The molecule has 0 unspecified atom stereocenters. The highest BCUT2D eigenvalue weighted by molar-refractivity contribution is 8.00. The number of methoxy groups -OCH3 is 3. The van der Waals surface area contributed by atoms with Crippen LogP contribution in [0.2, 0.25) is 5.02 Å². The molecule has 0 saturated carbocycles. The molecule has 0 amide bonds. The fraction of sp³-hybridized carbons (Fsp3) is 0.357. The zero-order chi connectivity index (χ0) is 30.0. The third kappa shape index (κ3) is 5.93. The van der Waals surface area contributed by atoms with Crippen LogP contribution in [0.5, 0.6) is 11.5 Å². The van der Waals surface area contributed by atoms with Gasteiger partial charge in [0.1, 0.15) is 5.76 Å². The second-order valence-electron chi connectivity index (χ2n) is 9.34. The molecule has 0 fully saturated rings. The average molecular weight is 623 g/mol. The van der Waals surface area contributed by atoms with E-state index >= 15 is 0 Å². The van der Waals surface area contributed by atoms with E-state index in [1.165, 1.54) is 45.4 Å². The van der Waals surface area contributed by atoms with Crippen molar-refractivity contribution in [3.05, 3.63) is 82.0 Å². The third-order valence-electron chi connectivity index (χ3n) is 6.78. The number of ether oxygens (including phenoxy) is 3. The van der Waals surface area contributed by atoms with Crippen molar-refractivity contribution >= 4 is 29.3 Å². The molecule has 0 spiro atoms. The van der Waals surface area contributed by atoms with Crippen molar-refractivity contribution in [1.82, 2.24) is 19.7 Å². The fourth-order valence-electron chi connectivity index (χ4n) is 4.88. The van der Waals surface area contributed by atoms with E-state index in [4.69, 9.17) is 25.5 Å². The summed E-state index contributed by atoms with van der Waals surface area (Å²) in [6.45, 7) is 0. The van der Waals surface area contributed by atoms with Gasteiger partial charge in [0.25, 0.3) is 0 Å². The Morgan fingerprint density at radius 2 is 1.90 bits per heavy atom. The van der Waals surface area contributed by atoms with E-state index in [0.29, 0.717) is 58.6 Å². The maximum atomic E-state index is 14.2. The summed E-state index contributed by atoms with van der Waals surface area (Å²) in [5.74, 6) is 0.462. The van der Waals surface area contributed by atoms with Crippen molar-refractivity contribution in [3.63, 3.8) is 0 Å². The van der Waals surface area contributed by atoms with Gasteiger partial charge in [-0.05, 0) is 36.2 Å². The molecule has 0 N–H and O–H groups in total. The van der Waals surface area contributed by atoms with Gasteiger partial charge in [-0.1, -0.05) is 23.7 Å². The zero-order valence-electron chi connectivity index (χ0n) is 22.8. The number of alkyl halides is 3. The summed E-state index contributed by atoms with van der Waals surface area (Å²) >= 11 is 7.80. The summed E-state index contributed by atoms with van der Waals surface area (Å²) in [7, 11) is 4.33. The Morgan fingerprint density at radius 3 is 2.62 bits per heavy atom. The first kappa shape index (κ1) is 29.8. The normalized spacial score (nSPS) is 16.4. The maximum absolute atomic E-state index is 14.2. The lowest BCUT2D eigenvalue weighted by atomic mass is 10.0. The second kappa shape index (κ2) is 12.3. The van der Waals surface area contributed by atoms with E-state index < -0.39 is 22.5 Å². The topological polar surface area (TPSA) is 102 Å². The molecule has 2 aromatic carbocycles. The average Bonchev–Trinajstić information content (AvgIpc) is 3.60. The number of para-hydroxylation sites is 1. The molecule has 2 aromatic heterocycles. The maximum Gasteiger partial charge on any atom is 0.452 e. The Kier molecular flexibility index (Phi) is 8.69. The van der Waals surface area contributed by atoms with Gasteiger partial charge in [-0.15, -0.1) is 22.0 Å². The summed E-state index contributed by atoms with van der Waals surface area (Å²) in [6.07, 6.45) is -2.16. The number of aromatic nitrogens is 4. The zero-order valence-corrected chi connectivity index (χ0v) is 24.3. The molecule has 9 nitrogen and oxygen atoms in total. The quantitative estimate of drug-likeness (QED) is 0.192. The summed E-state index contributed by atoms with van der Waals surface area (Å²) < 4.78 is 65.5. The van der Waals surface area contributed by atoms with Crippen molar-refractivity contribution < 1.29 is 36.6 Å². The molecule has 4 aromatic rings. The van der Waals surface area contributed by atoms with Gasteiger partial charge in [-0.3, -0.25) is 9.36 Å². The van der Waals surface area contributed by atoms with E-state index in [-0.39, 0.29) is 23.9 Å². The SMILES string of the molecule is COC(=O)CCc1cnc(CC[C@@H]2S[C@@H](c3cccc(OC)c3OC)c3cc(Cl)ccc3-n3c2nnc3C(F)(F)F)o1. The van der Waals surface area contributed by atoms with Crippen LogP contribution in [0.1, 0.15) is 57.8 Å². The van der Waals surface area contributed by atoms with E-state index in [1.54, 1.807) is 24.3 Å². The van der Waals surface area contributed by atoms with Crippen molar-refractivity contribution in [1.29, 1.82) is 0 Å². The number of aryl methyl sites for hydroxylation is 2. The van der Waals surface area contributed by atoms with Crippen LogP contribution in [0.25, 0.3) is 5.69 Å². The van der Waals surface area contributed by atoms with Crippen molar-refractivity contribution in [3.8, 4) is 17.2 Å². The highest BCUT2D eigenvalue weighted by atomic mass is 35.5. The van der Waals surface area contributed by atoms with Gasteiger partial charge in [0, 0.05) is 23.4 Å². The standard InChI is InChI=1S/C28H26ClF3N4O5S/c1-38-20-6-4-5-17(24(20)40-3)25-18-13-15(29)7-9-19(18)36-26(34-35-27(36)28(30,31)32)21(42-25)10-11-22-33-14-16(41-22)8-12-23(37)39-2/h4-7,9,13-14,21,25H,8,10-12H2,1-3H3/t21-,25-/m0/s1.